The number of halogens is 3. The lowest BCUT2D eigenvalue weighted by Gasteiger charge is -2.13. The fourth-order valence-corrected chi connectivity index (χ4v) is 3.30. The molecule has 3 rings (SSSR count). The van der Waals surface area contributed by atoms with Crippen LogP contribution in [-0.4, -0.2) is 12.9 Å². The van der Waals surface area contributed by atoms with Crippen LogP contribution in [-0.2, 0) is 6.61 Å². The van der Waals surface area contributed by atoms with Crippen molar-refractivity contribution in [2.45, 2.75) is 6.61 Å². The molecule has 0 spiro atoms. The summed E-state index contributed by atoms with van der Waals surface area (Å²) in [4.78, 5) is 12.3. The van der Waals surface area contributed by atoms with E-state index in [2.05, 4.69) is 0 Å². The van der Waals surface area contributed by atoms with Crippen LogP contribution < -0.4 is 9.47 Å². The van der Waals surface area contributed by atoms with Crippen LogP contribution in [0.3, 0.4) is 0 Å². The van der Waals surface area contributed by atoms with E-state index < -0.39 is 0 Å². The molecule has 0 fully saturated rings. The fraction of sp³-hybridized carbons (Fsp3) is 0.0870. The molecule has 0 bridgehead atoms. The van der Waals surface area contributed by atoms with Gasteiger partial charge >= 0.3 is 0 Å². The highest BCUT2D eigenvalue weighted by atomic mass is 35.5. The zero-order valence-corrected chi connectivity index (χ0v) is 17.8. The van der Waals surface area contributed by atoms with Gasteiger partial charge in [-0.1, -0.05) is 53.0 Å². The van der Waals surface area contributed by atoms with Gasteiger partial charge < -0.3 is 9.47 Å². The molecule has 0 aliphatic carbocycles. The summed E-state index contributed by atoms with van der Waals surface area (Å²) < 4.78 is 11.2. The minimum absolute atomic E-state index is 0.113. The Bertz CT molecular complexity index is 1020. The molecule has 148 valence electrons. The number of carbonyl (C=O) groups is 1. The molecular formula is C23H17Cl3O3. The van der Waals surface area contributed by atoms with Gasteiger partial charge in [0.25, 0.3) is 0 Å². The number of para-hydroxylation sites is 1. The Labute approximate surface area is 184 Å². The number of ketones is 1. The van der Waals surface area contributed by atoms with Gasteiger partial charge in [0.1, 0.15) is 12.4 Å². The van der Waals surface area contributed by atoms with Gasteiger partial charge in [-0.15, -0.1) is 0 Å². The molecule has 0 amide bonds. The van der Waals surface area contributed by atoms with Gasteiger partial charge in [-0.2, -0.15) is 0 Å². The maximum atomic E-state index is 12.3. The van der Waals surface area contributed by atoms with E-state index in [1.165, 1.54) is 6.08 Å². The Hall–Kier alpha value is -2.46. The number of methoxy groups -OCH3 is 1. The molecule has 3 nitrogen and oxygen atoms in total. The molecule has 0 aliphatic heterocycles. The molecule has 0 radical (unpaired) electrons. The van der Waals surface area contributed by atoms with E-state index in [-0.39, 0.29) is 12.4 Å². The molecule has 3 aromatic carbocycles. The van der Waals surface area contributed by atoms with E-state index in [9.17, 15) is 4.79 Å². The number of benzene rings is 3. The molecule has 0 saturated carbocycles. The molecular weight excluding hydrogens is 431 g/mol. The SMILES string of the molecule is COc1ccc(/C=C/C(=O)c2ccc(Cl)cc2)cc1COc1c(Cl)cccc1Cl. The van der Waals surface area contributed by atoms with E-state index in [1.807, 2.05) is 18.2 Å². The summed E-state index contributed by atoms with van der Waals surface area (Å²) in [5, 5.41) is 1.45. The number of carbonyl (C=O) groups excluding carboxylic acids is 1. The summed E-state index contributed by atoms with van der Waals surface area (Å²) in [6.07, 6.45) is 3.25. The van der Waals surface area contributed by atoms with Crippen LogP contribution in [0.15, 0.2) is 66.7 Å². The molecule has 0 saturated heterocycles. The Morgan fingerprint density at radius 1 is 0.966 bits per heavy atom. The highest BCUT2D eigenvalue weighted by Gasteiger charge is 2.10. The first-order chi connectivity index (χ1) is 14.0. The molecule has 0 aromatic heterocycles. The quantitative estimate of drug-likeness (QED) is 0.285. The first kappa shape index (κ1) is 21.3. The van der Waals surface area contributed by atoms with E-state index in [0.29, 0.717) is 32.1 Å². The predicted molar refractivity (Wildman–Crippen MR) is 119 cm³/mol. The molecule has 0 aliphatic rings. The third-order valence-corrected chi connectivity index (χ3v) is 5.00. The normalized spacial score (nSPS) is 10.9. The first-order valence-electron chi connectivity index (χ1n) is 8.69. The van der Waals surface area contributed by atoms with Crippen molar-refractivity contribution in [3.8, 4) is 11.5 Å². The predicted octanol–water partition coefficient (Wildman–Crippen LogP) is 7.13. The number of allylic oxidation sites excluding steroid dienone is 1. The monoisotopic (exact) mass is 446 g/mol. The minimum Gasteiger partial charge on any atom is -0.496 e. The zero-order valence-electron chi connectivity index (χ0n) is 15.5. The smallest absolute Gasteiger partial charge is 0.185 e. The van der Waals surface area contributed by atoms with Crippen molar-refractivity contribution < 1.29 is 14.3 Å². The molecule has 0 atom stereocenters. The molecule has 0 N–H and O–H groups in total. The third kappa shape index (κ3) is 5.54. The van der Waals surface area contributed by atoms with Crippen LogP contribution >= 0.6 is 34.8 Å². The van der Waals surface area contributed by atoms with Gasteiger partial charge in [0, 0.05) is 16.1 Å². The Kier molecular flexibility index (Phi) is 7.21. The van der Waals surface area contributed by atoms with Gasteiger partial charge in [-0.25, -0.2) is 0 Å². The van der Waals surface area contributed by atoms with Crippen LogP contribution in [0, 0.1) is 0 Å². The largest absolute Gasteiger partial charge is 0.496 e. The van der Waals surface area contributed by atoms with Gasteiger partial charge in [0.05, 0.1) is 17.2 Å². The van der Waals surface area contributed by atoms with Crippen LogP contribution in [0.4, 0.5) is 0 Å². The van der Waals surface area contributed by atoms with E-state index in [4.69, 9.17) is 44.3 Å². The topological polar surface area (TPSA) is 35.5 Å². The molecule has 29 heavy (non-hydrogen) atoms. The molecule has 0 unspecified atom stereocenters. The molecule has 0 heterocycles. The second-order valence-electron chi connectivity index (χ2n) is 6.12. The van der Waals surface area contributed by atoms with Crippen molar-refractivity contribution in [3.05, 3.63) is 98.5 Å². The van der Waals surface area contributed by atoms with E-state index >= 15 is 0 Å². The summed E-state index contributed by atoms with van der Waals surface area (Å²) in [5.41, 5.74) is 2.19. The van der Waals surface area contributed by atoms with Crippen molar-refractivity contribution in [1.82, 2.24) is 0 Å². The Morgan fingerprint density at radius 3 is 2.31 bits per heavy atom. The number of rotatable bonds is 7. The van der Waals surface area contributed by atoms with Gasteiger partial charge in [0.15, 0.2) is 11.5 Å². The zero-order chi connectivity index (χ0) is 20.8. The van der Waals surface area contributed by atoms with Crippen molar-refractivity contribution in [1.29, 1.82) is 0 Å². The first-order valence-corrected chi connectivity index (χ1v) is 9.83. The van der Waals surface area contributed by atoms with Gasteiger partial charge in [0.2, 0.25) is 0 Å². The average Bonchev–Trinajstić information content (AvgIpc) is 2.72. The van der Waals surface area contributed by atoms with Gasteiger partial charge in [-0.3, -0.25) is 4.79 Å². The minimum atomic E-state index is -0.113. The lowest BCUT2D eigenvalue weighted by atomic mass is 10.1. The van der Waals surface area contributed by atoms with Crippen molar-refractivity contribution in [3.63, 3.8) is 0 Å². The second kappa shape index (κ2) is 9.84. The maximum absolute atomic E-state index is 12.3. The fourth-order valence-electron chi connectivity index (χ4n) is 2.67. The summed E-state index contributed by atoms with van der Waals surface area (Å²) >= 11 is 18.2. The second-order valence-corrected chi connectivity index (χ2v) is 7.37. The number of hydrogen-bond donors (Lipinski definition) is 0. The molecule has 3 aromatic rings. The Morgan fingerprint density at radius 2 is 1.66 bits per heavy atom. The Balaban J connectivity index is 1.77. The van der Waals surface area contributed by atoms with E-state index in [0.717, 1.165) is 11.1 Å². The summed E-state index contributed by atoms with van der Waals surface area (Å²) in [5.74, 6) is 0.962. The lowest BCUT2D eigenvalue weighted by molar-refractivity contribution is 0.104. The molecule has 6 heteroatoms. The van der Waals surface area contributed by atoms with Gasteiger partial charge in [-0.05, 0) is 60.2 Å². The average molecular weight is 448 g/mol. The van der Waals surface area contributed by atoms with Crippen LogP contribution in [0.1, 0.15) is 21.5 Å². The lowest BCUT2D eigenvalue weighted by Crippen LogP contribution is -2.00. The number of hydrogen-bond acceptors (Lipinski definition) is 3. The summed E-state index contributed by atoms with van der Waals surface area (Å²) in [6, 6.07) is 17.5. The highest BCUT2D eigenvalue weighted by molar-refractivity contribution is 6.37. The summed E-state index contributed by atoms with van der Waals surface area (Å²) in [6.45, 7) is 0.208. The number of ether oxygens (including phenoxy) is 2. The summed E-state index contributed by atoms with van der Waals surface area (Å²) in [7, 11) is 1.58. The van der Waals surface area contributed by atoms with Crippen LogP contribution in [0.5, 0.6) is 11.5 Å². The van der Waals surface area contributed by atoms with Crippen LogP contribution in [0.25, 0.3) is 6.08 Å². The standard InChI is InChI=1S/C23H17Cl3O3/c1-28-22-12-6-15(5-11-21(27)16-7-9-18(24)10-8-16)13-17(22)14-29-23-19(25)3-2-4-20(23)26/h2-13H,14H2,1H3/b11-5+. The third-order valence-electron chi connectivity index (χ3n) is 4.15. The van der Waals surface area contributed by atoms with E-state index in [1.54, 1.807) is 55.7 Å². The maximum Gasteiger partial charge on any atom is 0.185 e. The van der Waals surface area contributed by atoms with Crippen molar-refractivity contribution in [2.75, 3.05) is 7.11 Å². The van der Waals surface area contributed by atoms with Crippen LogP contribution in [0.2, 0.25) is 15.1 Å². The van der Waals surface area contributed by atoms with Crippen molar-refractivity contribution >= 4 is 46.7 Å². The van der Waals surface area contributed by atoms with Crippen molar-refractivity contribution in [2.24, 2.45) is 0 Å². The highest BCUT2D eigenvalue weighted by Crippen LogP contribution is 2.33.